The zero-order chi connectivity index (χ0) is 14.7. The first-order valence-electron chi connectivity index (χ1n) is 6.39. The van der Waals surface area contributed by atoms with Crippen LogP contribution >= 0.6 is 0 Å². The van der Waals surface area contributed by atoms with Crippen LogP contribution in [0.1, 0.15) is 18.6 Å². The number of guanidine groups is 1. The molecular formula is C16H18N6. The highest BCUT2D eigenvalue weighted by atomic mass is 15.3. The molecule has 0 spiro atoms. The molecule has 0 aliphatic heterocycles. The second-order valence-corrected chi connectivity index (χ2v) is 4.46. The SMILES string of the molecule is C.NC(N)=NN=C(c1ccccc1)c1c[nH]c2cnccc12. The highest BCUT2D eigenvalue weighted by molar-refractivity contribution is 6.19. The second kappa shape index (κ2) is 6.53. The van der Waals surface area contributed by atoms with E-state index in [1.165, 1.54) is 0 Å². The van der Waals surface area contributed by atoms with Gasteiger partial charge < -0.3 is 16.5 Å². The molecule has 112 valence electrons. The number of H-pyrrole nitrogens is 1. The van der Waals surface area contributed by atoms with Gasteiger partial charge in [0, 0.05) is 28.9 Å². The van der Waals surface area contributed by atoms with Gasteiger partial charge in [-0.15, -0.1) is 10.2 Å². The molecule has 0 radical (unpaired) electrons. The van der Waals surface area contributed by atoms with Gasteiger partial charge in [0.05, 0.1) is 11.7 Å². The highest BCUT2D eigenvalue weighted by Crippen LogP contribution is 2.21. The largest absolute Gasteiger partial charge is 0.369 e. The van der Waals surface area contributed by atoms with Crippen molar-refractivity contribution in [3.63, 3.8) is 0 Å². The second-order valence-electron chi connectivity index (χ2n) is 4.46. The average Bonchev–Trinajstić information content (AvgIpc) is 2.93. The minimum Gasteiger partial charge on any atom is -0.369 e. The van der Waals surface area contributed by atoms with Gasteiger partial charge in [0.15, 0.2) is 0 Å². The van der Waals surface area contributed by atoms with Crippen LogP contribution in [0.25, 0.3) is 10.9 Å². The number of nitrogens with one attached hydrogen (secondary N) is 1. The van der Waals surface area contributed by atoms with E-state index in [9.17, 15) is 0 Å². The van der Waals surface area contributed by atoms with Gasteiger partial charge in [-0.3, -0.25) is 4.98 Å². The summed E-state index contributed by atoms with van der Waals surface area (Å²) in [7, 11) is 0. The van der Waals surface area contributed by atoms with E-state index in [0.717, 1.165) is 22.0 Å². The molecular weight excluding hydrogens is 276 g/mol. The third-order valence-corrected chi connectivity index (χ3v) is 3.05. The number of nitrogens with zero attached hydrogens (tertiary/aromatic N) is 3. The molecule has 0 unspecified atom stereocenters. The van der Waals surface area contributed by atoms with Crippen LogP contribution in [0.2, 0.25) is 0 Å². The van der Waals surface area contributed by atoms with Crippen LogP contribution in [0.15, 0.2) is 65.2 Å². The summed E-state index contributed by atoms with van der Waals surface area (Å²) in [5.41, 5.74) is 14.3. The van der Waals surface area contributed by atoms with Crippen molar-refractivity contribution in [1.82, 2.24) is 9.97 Å². The zero-order valence-corrected chi connectivity index (χ0v) is 11.2. The molecule has 0 saturated carbocycles. The molecule has 1 aromatic carbocycles. The van der Waals surface area contributed by atoms with Crippen molar-refractivity contribution in [2.24, 2.45) is 21.7 Å². The Labute approximate surface area is 128 Å². The van der Waals surface area contributed by atoms with Gasteiger partial charge in [0.1, 0.15) is 5.71 Å². The summed E-state index contributed by atoms with van der Waals surface area (Å²) in [4.78, 5) is 7.27. The lowest BCUT2D eigenvalue weighted by Gasteiger charge is -2.04. The fourth-order valence-corrected chi connectivity index (χ4v) is 2.14. The van der Waals surface area contributed by atoms with E-state index in [4.69, 9.17) is 11.5 Å². The Hall–Kier alpha value is -3.15. The Morgan fingerprint density at radius 1 is 1.05 bits per heavy atom. The van der Waals surface area contributed by atoms with Crippen LogP contribution in [-0.2, 0) is 0 Å². The topological polar surface area (TPSA) is 105 Å². The molecule has 5 N–H and O–H groups in total. The van der Waals surface area contributed by atoms with Crippen LogP contribution in [0.4, 0.5) is 0 Å². The third-order valence-electron chi connectivity index (χ3n) is 3.05. The summed E-state index contributed by atoms with van der Waals surface area (Å²) in [6, 6.07) is 11.7. The molecule has 3 aromatic rings. The number of hydrogen-bond acceptors (Lipinski definition) is 3. The third kappa shape index (κ3) is 2.95. The quantitative estimate of drug-likeness (QED) is 0.392. The Bertz CT molecular complexity index is 813. The molecule has 0 amide bonds. The Balaban J connectivity index is 0.00000176. The van der Waals surface area contributed by atoms with E-state index in [2.05, 4.69) is 20.2 Å². The predicted molar refractivity (Wildman–Crippen MR) is 90.7 cm³/mol. The molecule has 6 nitrogen and oxygen atoms in total. The molecule has 2 aromatic heterocycles. The maximum absolute atomic E-state index is 5.39. The van der Waals surface area contributed by atoms with E-state index in [1.807, 2.05) is 42.6 Å². The fourth-order valence-electron chi connectivity index (χ4n) is 2.14. The van der Waals surface area contributed by atoms with Crippen molar-refractivity contribution in [3.05, 3.63) is 66.1 Å². The summed E-state index contributed by atoms with van der Waals surface area (Å²) in [6.07, 6.45) is 5.38. The summed E-state index contributed by atoms with van der Waals surface area (Å²) in [5, 5.41) is 9.01. The first-order valence-corrected chi connectivity index (χ1v) is 6.39. The van der Waals surface area contributed by atoms with Gasteiger partial charge in [-0.25, -0.2) is 0 Å². The minimum atomic E-state index is -0.0788. The molecule has 3 rings (SSSR count). The predicted octanol–water partition coefficient (Wildman–Crippen LogP) is 2.22. The molecule has 0 aliphatic carbocycles. The molecule has 0 saturated heterocycles. The van der Waals surface area contributed by atoms with Crippen molar-refractivity contribution < 1.29 is 0 Å². The smallest absolute Gasteiger partial charge is 0.211 e. The van der Waals surface area contributed by atoms with E-state index >= 15 is 0 Å². The first-order chi connectivity index (χ1) is 10.3. The number of fused-ring (bicyclic) bond motifs is 1. The number of hydrogen-bond donors (Lipinski definition) is 3. The van der Waals surface area contributed by atoms with E-state index < -0.39 is 0 Å². The molecule has 0 bridgehead atoms. The normalized spacial score (nSPS) is 11.0. The number of aromatic amines is 1. The lowest BCUT2D eigenvalue weighted by molar-refractivity contribution is 1.20. The van der Waals surface area contributed by atoms with Crippen LogP contribution in [0, 0.1) is 0 Å². The van der Waals surface area contributed by atoms with Gasteiger partial charge >= 0.3 is 0 Å². The number of pyridine rings is 1. The highest BCUT2D eigenvalue weighted by Gasteiger charge is 2.12. The number of aromatic nitrogens is 2. The molecule has 6 heteroatoms. The monoisotopic (exact) mass is 294 g/mol. The van der Waals surface area contributed by atoms with E-state index in [-0.39, 0.29) is 13.4 Å². The summed E-state index contributed by atoms with van der Waals surface area (Å²) < 4.78 is 0. The minimum absolute atomic E-state index is 0. The number of nitrogens with two attached hydrogens (primary N) is 2. The van der Waals surface area contributed by atoms with Crippen molar-refractivity contribution >= 4 is 22.6 Å². The van der Waals surface area contributed by atoms with Crippen LogP contribution < -0.4 is 11.5 Å². The van der Waals surface area contributed by atoms with Crippen LogP contribution in [0.3, 0.4) is 0 Å². The molecule has 22 heavy (non-hydrogen) atoms. The van der Waals surface area contributed by atoms with Gasteiger partial charge in [0.25, 0.3) is 0 Å². The van der Waals surface area contributed by atoms with E-state index in [0.29, 0.717) is 5.71 Å². The van der Waals surface area contributed by atoms with Crippen LogP contribution in [-0.4, -0.2) is 21.6 Å². The van der Waals surface area contributed by atoms with Crippen molar-refractivity contribution in [2.75, 3.05) is 0 Å². The summed E-state index contributed by atoms with van der Waals surface area (Å²) in [5.74, 6) is -0.0788. The maximum atomic E-state index is 5.39. The standard InChI is InChI=1S/C15H14N6.CH4/c16-15(17)21-20-14(10-4-2-1-3-5-10)12-8-19-13-9-18-7-6-11(12)13;/h1-9,19H,(H4,16,17,21);1H4. The van der Waals surface area contributed by atoms with Gasteiger partial charge in [-0.1, -0.05) is 37.8 Å². The van der Waals surface area contributed by atoms with Crippen molar-refractivity contribution in [1.29, 1.82) is 0 Å². The van der Waals surface area contributed by atoms with Gasteiger partial charge in [-0.2, -0.15) is 0 Å². The Morgan fingerprint density at radius 2 is 1.82 bits per heavy atom. The van der Waals surface area contributed by atoms with Crippen molar-refractivity contribution in [2.45, 2.75) is 7.43 Å². The maximum Gasteiger partial charge on any atom is 0.211 e. The molecule has 2 heterocycles. The van der Waals surface area contributed by atoms with Crippen LogP contribution in [0.5, 0.6) is 0 Å². The van der Waals surface area contributed by atoms with Gasteiger partial charge in [-0.05, 0) is 6.07 Å². The molecule has 0 atom stereocenters. The number of benzene rings is 1. The molecule has 0 aliphatic rings. The first kappa shape index (κ1) is 15.2. The lowest BCUT2D eigenvalue weighted by Crippen LogP contribution is -2.22. The Morgan fingerprint density at radius 3 is 2.55 bits per heavy atom. The Kier molecular flexibility index (Phi) is 4.53. The lowest BCUT2D eigenvalue weighted by atomic mass is 10.0. The molecule has 0 fully saturated rings. The summed E-state index contributed by atoms with van der Waals surface area (Å²) >= 11 is 0. The zero-order valence-electron chi connectivity index (χ0n) is 11.2. The van der Waals surface area contributed by atoms with Gasteiger partial charge in [0.2, 0.25) is 5.96 Å². The number of rotatable bonds is 3. The van der Waals surface area contributed by atoms with Crippen molar-refractivity contribution in [3.8, 4) is 0 Å². The average molecular weight is 294 g/mol. The van der Waals surface area contributed by atoms with E-state index in [1.54, 1.807) is 12.4 Å². The fraction of sp³-hybridized carbons (Fsp3) is 0.0625. The summed E-state index contributed by atoms with van der Waals surface area (Å²) in [6.45, 7) is 0.